The molecule has 1 N–H and O–H groups in total. The Kier molecular flexibility index (Phi) is 4.89. The molecular weight excluding hydrogens is 294 g/mol. The van der Waals surface area contributed by atoms with Crippen molar-refractivity contribution in [1.29, 1.82) is 0 Å². The fraction of sp³-hybridized carbons (Fsp3) is 0.333. The third-order valence-electron chi connectivity index (χ3n) is 3.06. The first-order chi connectivity index (χ1) is 10.8. The van der Waals surface area contributed by atoms with Gasteiger partial charge in [-0.25, -0.2) is 9.59 Å². The van der Waals surface area contributed by atoms with Crippen molar-refractivity contribution >= 4 is 17.6 Å². The topological polar surface area (TPSA) is 64.6 Å². The standard InChI is InChI=1S/C18H21NO4/c1-12(2)19-15(13-8-6-5-7-9-13)11-10-14-16(20)22-18(3,4)23-17(14)21/h5-12,19H,1-4H3. The van der Waals surface area contributed by atoms with Crippen molar-refractivity contribution in [2.45, 2.75) is 39.5 Å². The van der Waals surface area contributed by atoms with E-state index in [1.54, 1.807) is 6.08 Å². The molecule has 0 radical (unpaired) electrons. The summed E-state index contributed by atoms with van der Waals surface area (Å²) in [6, 6.07) is 9.85. The normalized spacial score (nSPS) is 17.6. The Hall–Kier alpha value is -2.56. The van der Waals surface area contributed by atoms with Crippen molar-refractivity contribution in [3.63, 3.8) is 0 Å². The first kappa shape index (κ1) is 16.8. The molecule has 1 fully saturated rings. The van der Waals surface area contributed by atoms with E-state index in [1.807, 2.05) is 44.2 Å². The third kappa shape index (κ3) is 4.45. The largest absolute Gasteiger partial charge is 0.419 e. The lowest BCUT2D eigenvalue weighted by atomic mass is 10.1. The molecule has 0 unspecified atom stereocenters. The molecule has 122 valence electrons. The third-order valence-corrected chi connectivity index (χ3v) is 3.06. The van der Waals surface area contributed by atoms with Crippen molar-refractivity contribution < 1.29 is 19.1 Å². The van der Waals surface area contributed by atoms with E-state index >= 15 is 0 Å². The molecule has 0 saturated carbocycles. The average molecular weight is 315 g/mol. The van der Waals surface area contributed by atoms with Gasteiger partial charge < -0.3 is 14.8 Å². The van der Waals surface area contributed by atoms with Crippen molar-refractivity contribution in [3.05, 3.63) is 53.6 Å². The molecule has 1 aromatic rings. The summed E-state index contributed by atoms with van der Waals surface area (Å²) in [5, 5.41) is 3.29. The van der Waals surface area contributed by atoms with Crippen molar-refractivity contribution in [2.75, 3.05) is 0 Å². The van der Waals surface area contributed by atoms with E-state index in [9.17, 15) is 9.59 Å². The minimum atomic E-state index is -1.23. The Morgan fingerprint density at radius 1 is 1.09 bits per heavy atom. The highest BCUT2D eigenvalue weighted by Gasteiger charge is 2.38. The van der Waals surface area contributed by atoms with Gasteiger partial charge in [0.1, 0.15) is 5.57 Å². The Labute approximate surface area is 136 Å². The number of nitrogens with one attached hydrogen (secondary N) is 1. The summed E-state index contributed by atoms with van der Waals surface area (Å²) in [5.41, 5.74) is 1.64. The number of rotatable bonds is 4. The van der Waals surface area contributed by atoms with Gasteiger partial charge in [0, 0.05) is 25.6 Å². The van der Waals surface area contributed by atoms with Gasteiger partial charge >= 0.3 is 11.9 Å². The number of benzene rings is 1. The lowest BCUT2D eigenvalue weighted by Crippen LogP contribution is -2.41. The Morgan fingerprint density at radius 2 is 1.65 bits per heavy atom. The molecule has 0 amide bonds. The van der Waals surface area contributed by atoms with Crippen LogP contribution in [0, 0.1) is 0 Å². The van der Waals surface area contributed by atoms with Crippen LogP contribution in [0.4, 0.5) is 0 Å². The molecule has 1 aromatic carbocycles. The molecule has 23 heavy (non-hydrogen) atoms. The van der Waals surface area contributed by atoms with Gasteiger partial charge in [-0.1, -0.05) is 30.3 Å². The van der Waals surface area contributed by atoms with E-state index in [1.165, 1.54) is 19.9 Å². The summed E-state index contributed by atoms with van der Waals surface area (Å²) in [6.45, 7) is 7.06. The monoisotopic (exact) mass is 315 g/mol. The number of ether oxygens (including phenoxy) is 2. The van der Waals surface area contributed by atoms with E-state index < -0.39 is 17.7 Å². The first-order valence-corrected chi connectivity index (χ1v) is 7.49. The van der Waals surface area contributed by atoms with Gasteiger partial charge in [0.05, 0.1) is 0 Å². The fourth-order valence-corrected chi connectivity index (χ4v) is 2.12. The Bertz CT molecular complexity index is 635. The van der Waals surface area contributed by atoms with Crippen LogP contribution in [0.25, 0.3) is 5.70 Å². The summed E-state index contributed by atoms with van der Waals surface area (Å²) >= 11 is 0. The molecule has 0 atom stereocenters. The van der Waals surface area contributed by atoms with Crippen LogP contribution in [0.3, 0.4) is 0 Å². The van der Waals surface area contributed by atoms with E-state index in [-0.39, 0.29) is 11.6 Å². The maximum Gasteiger partial charge on any atom is 0.348 e. The highest BCUT2D eigenvalue weighted by Crippen LogP contribution is 2.23. The molecular formula is C18H21NO4. The molecule has 1 heterocycles. The number of hydrogen-bond acceptors (Lipinski definition) is 5. The van der Waals surface area contributed by atoms with E-state index in [0.717, 1.165) is 11.3 Å². The number of esters is 2. The average Bonchev–Trinajstić information content (AvgIpc) is 2.44. The zero-order valence-electron chi connectivity index (χ0n) is 13.8. The molecule has 0 aliphatic carbocycles. The van der Waals surface area contributed by atoms with Gasteiger partial charge in [0.15, 0.2) is 0 Å². The minimum absolute atomic E-state index is 0.122. The lowest BCUT2D eigenvalue weighted by molar-refractivity contribution is -0.222. The van der Waals surface area contributed by atoms with Crippen LogP contribution in [-0.2, 0) is 19.1 Å². The van der Waals surface area contributed by atoms with Gasteiger partial charge in [-0.3, -0.25) is 0 Å². The summed E-state index contributed by atoms with van der Waals surface area (Å²) in [6.07, 6.45) is 3.11. The van der Waals surface area contributed by atoms with E-state index in [2.05, 4.69) is 5.32 Å². The molecule has 2 rings (SSSR count). The smallest absolute Gasteiger partial charge is 0.348 e. The summed E-state index contributed by atoms with van der Waals surface area (Å²) in [5.74, 6) is -2.59. The fourth-order valence-electron chi connectivity index (χ4n) is 2.12. The molecule has 0 bridgehead atoms. The number of carbonyl (C=O) groups is 2. The SMILES string of the molecule is CC(C)NC(=CC=C1C(=O)OC(C)(C)OC1=O)c1ccccc1. The first-order valence-electron chi connectivity index (χ1n) is 7.49. The summed E-state index contributed by atoms with van der Waals surface area (Å²) in [4.78, 5) is 23.9. The molecule has 1 aliphatic heterocycles. The van der Waals surface area contributed by atoms with E-state index in [0.29, 0.717) is 0 Å². The van der Waals surface area contributed by atoms with Crippen LogP contribution in [0.15, 0.2) is 48.1 Å². The maximum atomic E-state index is 12.0. The van der Waals surface area contributed by atoms with Crippen LogP contribution >= 0.6 is 0 Å². The minimum Gasteiger partial charge on any atom is -0.419 e. The van der Waals surface area contributed by atoms with Gasteiger partial charge in [0.2, 0.25) is 0 Å². The summed E-state index contributed by atoms with van der Waals surface area (Å²) < 4.78 is 10.2. The molecule has 1 aliphatic rings. The van der Waals surface area contributed by atoms with Crippen molar-refractivity contribution in [1.82, 2.24) is 5.32 Å². The van der Waals surface area contributed by atoms with Crippen LogP contribution < -0.4 is 5.32 Å². The number of carbonyl (C=O) groups excluding carboxylic acids is 2. The molecule has 5 heteroatoms. The van der Waals surface area contributed by atoms with Crippen LogP contribution in [0.1, 0.15) is 33.3 Å². The van der Waals surface area contributed by atoms with Gasteiger partial charge in [-0.15, -0.1) is 0 Å². The number of allylic oxidation sites excluding steroid dienone is 2. The maximum absolute atomic E-state index is 12.0. The molecule has 1 saturated heterocycles. The Balaban J connectivity index is 2.32. The van der Waals surface area contributed by atoms with Gasteiger partial charge in [-0.05, 0) is 31.6 Å². The van der Waals surface area contributed by atoms with Gasteiger partial charge in [0.25, 0.3) is 5.79 Å². The van der Waals surface area contributed by atoms with Gasteiger partial charge in [-0.2, -0.15) is 0 Å². The molecule has 0 spiro atoms. The summed E-state index contributed by atoms with van der Waals surface area (Å²) in [7, 11) is 0. The Morgan fingerprint density at radius 3 is 2.17 bits per heavy atom. The zero-order chi connectivity index (χ0) is 17.0. The quantitative estimate of drug-likeness (QED) is 0.526. The predicted molar refractivity (Wildman–Crippen MR) is 87.0 cm³/mol. The lowest BCUT2D eigenvalue weighted by Gasteiger charge is -2.29. The number of hydrogen-bond donors (Lipinski definition) is 1. The van der Waals surface area contributed by atoms with Crippen LogP contribution in [0.5, 0.6) is 0 Å². The molecule has 5 nitrogen and oxygen atoms in total. The highest BCUT2D eigenvalue weighted by atomic mass is 16.7. The second-order valence-corrected chi connectivity index (χ2v) is 6.00. The zero-order valence-corrected chi connectivity index (χ0v) is 13.8. The van der Waals surface area contributed by atoms with Crippen molar-refractivity contribution in [3.8, 4) is 0 Å². The van der Waals surface area contributed by atoms with Crippen LogP contribution in [0.2, 0.25) is 0 Å². The second kappa shape index (κ2) is 6.69. The predicted octanol–water partition coefficient (Wildman–Crippen LogP) is 2.79. The second-order valence-electron chi connectivity index (χ2n) is 6.00. The highest BCUT2D eigenvalue weighted by molar-refractivity contribution is 6.15. The van der Waals surface area contributed by atoms with Crippen molar-refractivity contribution in [2.24, 2.45) is 0 Å². The van der Waals surface area contributed by atoms with Crippen LogP contribution in [-0.4, -0.2) is 23.8 Å². The molecule has 0 aromatic heterocycles. The van der Waals surface area contributed by atoms with E-state index in [4.69, 9.17) is 9.47 Å². The number of cyclic esters (lactones) is 2.